The number of nitrogen functional groups attached to an aromatic ring is 1. The minimum atomic E-state index is -0.164. The first kappa shape index (κ1) is 12.0. The maximum atomic E-state index is 12.0. The molecule has 0 saturated heterocycles. The zero-order valence-corrected chi connectivity index (χ0v) is 10.5. The Morgan fingerprint density at radius 2 is 2.29 bits per heavy atom. The average Bonchev–Trinajstić information content (AvgIpc) is 2.59. The summed E-state index contributed by atoms with van der Waals surface area (Å²) in [5, 5.41) is 9.86. The van der Waals surface area contributed by atoms with E-state index in [1.165, 1.54) is 6.42 Å². The third-order valence-corrected chi connectivity index (χ3v) is 3.47. The predicted octanol–water partition coefficient (Wildman–Crippen LogP) is 1.62. The van der Waals surface area contributed by atoms with Crippen molar-refractivity contribution in [1.82, 2.24) is 15.5 Å². The van der Waals surface area contributed by atoms with Crippen LogP contribution in [-0.4, -0.2) is 21.6 Å². The van der Waals surface area contributed by atoms with E-state index in [1.54, 1.807) is 0 Å². The average molecular weight is 236 g/mol. The molecule has 0 radical (unpaired) electrons. The van der Waals surface area contributed by atoms with E-state index in [0.29, 0.717) is 11.4 Å². The minimum Gasteiger partial charge on any atom is -0.395 e. The van der Waals surface area contributed by atoms with Crippen molar-refractivity contribution in [2.24, 2.45) is 0 Å². The summed E-state index contributed by atoms with van der Waals surface area (Å²) < 4.78 is 0. The summed E-state index contributed by atoms with van der Waals surface area (Å²) >= 11 is 0. The third kappa shape index (κ3) is 2.28. The standard InChI is InChI=1S/C12H20N4O/c1-3-5-8-9(13)10(16-15-8)11(17)14-12(2)6-4-7-12/h3-7,13H2,1-2H3,(H,14,17)(H,15,16). The van der Waals surface area contributed by atoms with Crippen LogP contribution < -0.4 is 11.1 Å². The molecule has 1 fully saturated rings. The van der Waals surface area contributed by atoms with Crippen molar-refractivity contribution in [3.8, 4) is 0 Å². The molecule has 0 bridgehead atoms. The highest BCUT2D eigenvalue weighted by Crippen LogP contribution is 2.31. The Balaban J connectivity index is 2.08. The molecule has 1 aliphatic rings. The second kappa shape index (κ2) is 4.39. The fraction of sp³-hybridized carbons (Fsp3) is 0.667. The molecule has 5 heteroatoms. The van der Waals surface area contributed by atoms with Crippen molar-refractivity contribution in [2.45, 2.75) is 51.5 Å². The second-order valence-corrected chi connectivity index (χ2v) is 5.08. The normalized spacial score (nSPS) is 17.5. The lowest BCUT2D eigenvalue weighted by atomic mass is 9.78. The zero-order chi connectivity index (χ0) is 12.5. The van der Waals surface area contributed by atoms with Gasteiger partial charge in [0.05, 0.1) is 11.4 Å². The number of rotatable bonds is 4. The van der Waals surface area contributed by atoms with Gasteiger partial charge in [-0.25, -0.2) is 0 Å². The van der Waals surface area contributed by atoms with E-state index >= 15 is 0 Å². The van der Waals surface area contributed by atoms with Crippen molar-refractivity contribution in [1.29, 1.82) is 0 Å². The van der Waals surface area contributed by atoms with Gasteiger partial charge in [0.25, 0.3) is 5.91 Å². The summed E-state index contributed by atoms with van der Waals surface area (Å²) in [6.07, 6.45) is 5.04. The van der Waals surface area contributed by atoms with Crippen LogP contribution in [0.1, 0.15) is 55.7 Å². The predicted molar refractivity (Wildman–Crippen MR) is 66.7 cm³/mol. The van der Waals surface area contributed by atoms with Gasteiger partial charge in [-0.05, 0) is 32.6 Å². The number of nitrogens with two attached hydrogens (primary N) is 1. The molecule has 0 spiro atoms. The largest absolute Gasteiger partial charge is 0.395 e. The van der Waals surface area contributed by atoms with Gasteiger partial charge >= 0.3 is 0 Å². The van der Waals surface area contributed by atoms with Crippen molar-refractivity contribution in [3.63, 3.8) is 0 Å². The summed E-state index contributed by atoms with van der Waals surface area (Å²) in [4.78, 5) is 12.0. The number of aromatic amines is 1. The van der Waals surface area contributed by atoms with E-state index in [9.17, 15) is 4.79 Å². The quantitative estimate of drug-likeness (QED) is 0.742. The summed E-state index contributed by atoms with van der Waals surface area (Å²) in [7, 11) is 0. The van der Waals surface area contributed by atoms with Crippen LogP contribution in [0.3, 0.4) is 0 Å². The van der Waals surface area contributed by atoms with E-state index in [-0.39, 0.29) is 11.4 Å². The number of aromatic nitrogens is 2. The Morgan fingerprint density at radius 1 is 1.59 bits per heavy atom. The van der Waals surface area contributed by atoms with Gasteiger partial charge in [0.2, 0.25) is 0 Å². The molecule has 1 aromatic rings. The van der Waals surface area contributed by atoms with Crippen LogP contribution in [0.2, 0.25) is 0 Å². The molecule has 1 amide bonds. The van der Waals surface area contributed by atoms with Crippen molar-refractivity contribution in [2.75, 3.05) is 5.73 Å². The summed E-state index contributed by atoms with van der Waals surface area (Å²) in [6.45, 7) is 4.12. The molecule has 1 aliphatic carbocycles. The number of aryl methyl sites for hydroxylation is 1. The molecule has 94 valence electrons. The van der Waals surface area contributed by atoms with Gasteiger partial charge in [-0.3, -0.25) is 9.89 Å². The van der Waals surface area contributed by atoms with E-state index in [0.717, 1.165) is 31.4 Å². The van der Waals surface area contributed by atoms with E-state index < -0.39 is 0 Å². The van der Waals surface area contributed by atoms with Gasteiger partial charge in [-0.15, -0.1) is 0 Å². The van der Waals surface area contributed by atoms with Gasteiger partial charge in [0, 0.05) is 5.54 Å². The number of nitrogens with zero attached hydrogens (tertiary/aromatic N) is 1. The van der Waals surface area contributed by atoms with E-state index in [2.05, 4.69) is 29.4 Å². The fourth-order valence-corrected chi connectivity index (χ4v) is 2.17. The molecule has 0 atom stereocenters. The number of carbonyl (C=O) groups excluding carboxylic acids is 1. The van der Waals surface area contributed by atoms with Crippen LogP contribution in [0, 0.1) is 0 Å². The number of carbonyl (C=O) groups is 1. The summed E-state index contributed by atoms with van der Waals surface area (Å²) in [5.41, 5.74) is 7.54. The van der Waals surface area contributed by atoms with Crippen LogP contribution >= 0.6 is 0 Å². The number of anilines is 1. The molecule has 1 aromatic heterocycles. The maximum absolute atomic E-state index is 12.0. The number of hydrogen-bond acceptors (Lipinski definition) is 3. The molecular formula is C12H20N4O. The SMILES string of the molecule is CCCc1[nH]nc(C(=O)NC2(C)CCC2)c1N. The lowest BCUT2D eigenvalue weighted by Gasteiger charge is -2.38. The van der Waals surface area contributed by atoms with Crippen LogP contribution in [0.5, 0.6) is 0 Å². The molecule has 5 nitrogen and oxygen atoms in total. The molecule has 2 rings (SSSR count). The molecule has 17 heavy (non-hydrogen) atoms. The van der Waals surface area contributed by atoms with Crippen molar-refractivity contribution < 1.29 is 4.79 Å². The Morgan fingerprint density at radius 3 is 2.82 bits per heavy atom. The Kier molecular flexibility index (Phi) is 3.09. The number of H-pyrrole nitrogens is 1. The van der Waals surface area contributed by atoms with Crippen LogP contribution in [-0.2, 0) is 6.42 Å². The number of hydrogen-bond donors (Lipinski definition) is 3. The molecular weight excluding hydrogens is 216 g/mol. The van der Waals surface area contributed by atoms with E-state index in [1.807, 2.05) is 0 Å². The Hall–Kier alpha value is -1.52. The Labute approximate surface area is 101 Å². The second-order valence-electron chi connectivity index (χ2n) is 5.08. The fourth-order valence-electron chi connectivity index (χ4n) is 2.17. The van der Waals surface area contributed by atoms with Crippen molar-refractivity contribution in [3.05, 3.63) is 11.4 Å². The van der Waals surface area contributed by atoms with Crippen LogP contribution in [0.25, 0.3) is 0 Å². The number of nitrogens with one attached hydrogen (secondary N) is 2. The highest BCUT2D eigenvalue weighted by Gasteiger charge is 2.34. The van der Waals surface area contributed by atoms with Crippen LogP contribution in [0.4, 0.5) is 5.69 Å². The van der Waals surface area contributed by atoms with Gasteiger partial charge in [0.15, 0.2) is 5.69 Å². The van der Waals surface area contributed by atoms with Gasteiger partial charge in [-0.1, -0.05) is 13.3 Å². The Bertz CT molecular complexity index is 420. The summed E-state index contributed by atoms with van der Waals surface area (Å²) in [5.74, 6) is -0.164. The minimum absolute atomic E-state index is 0.0621. The smallest absolute Gasteiger partial charge is 0.274 e. The highest BCUT2D eigenvalue weighted by atomic mass is 16.2. The first-order valence-electron chi connectivity index (χ1n) is 6.21. The lowest BCUT2D eigenvalue weighted by molar-refractivity contribution is 0.0846. The highest BCUT2D eigenvalue weighted by molar-refractivity contribution is 5.98. The topological polar surface area (TPSA) is 83.8 Å². The number of amides is 1. The van der Waals surface area contributed by atoms with Gasteiger partial charge in [-0.2, -0.15) is 5.10 Å². The molecule has 1 saturated carbocycles. The maximum Gasteiger partial charge on any atom is 0.274 e. The first-order valence-corrected chi connectivity index (χ1v) is 6.21. The zero-order valence-electron chi connectivity index (χ0n) is 10.5. The molecule has 1 heterocycles. The summed E-state index contributed by atoms with van der Waals surface area (Å²) in [6, 6.07) is 0. The molecule has 0 aromatic carbocycles. The van der Waals surface area contributed by atoms with Gasteiger partial charge < -0.3 is 11.1 Å². The van der Waals surface area contributed by atoms with Gasteiger partial charge in [0.1, 0.15) is 0 Å². The molecule has 0 unspecified atom stereocenters. The first-order chi connectivity index (χ1) is 8.06. The molecule has 0 aliphatic heterocycles. The lowest BCUT2D eigenvalue weighted by Crippen LogP contribution is -2.51. The van der Waals surface area contributed by atoms with Crippen molar-refractivity contribution >= 4 is 11.6 Å². The molecule has 4 N–H and O–H groups in total. The van der Waals surface area contributed by atoms with Crippen LogP contribution in [0.15, 0.2) is 0 Å². The third-order valence-electron chi connectivity index (χ3n) is 3.47. The van der Waals surface area contributed by atoms with E-state index in [4.69, 9.17) is 5.73 Å². The monoisotopic (exact) mass is 236 g/mol.